The molecule has 11 nitrogen and oxygen atoms in total. The van der Waals surface area contributed by atoms with Crippen LogP contribution in [-0.2, 0) is 29.9 Å². The number of aliphatic imine (C=N–C) groups is 1. The van der Waals surface area contributed by atoms with Gasteiger partial charge in [-0.25, -0.2) is 0 Å². The number of carbonyl (C=O) groups excluding carboxylic acids is 2. The molecule has 2 aliphatic heterocycles. The molecular formula is C63H62FI2N7O4. The van der Waals surface area contributed by atoms with Crippen LogP contribution in [0.25, 0.3) is 21.5 Å². The second-order valence-corrected chi connectivity index (χ2v) is 18.2. The summed E-state index contributed by atoms with van der Waals surface area (Å²) in [4.78, 5) is 25.3. The highest BCUT2D eigenvalue weighted by Gasteiger charge is 2.46. The number of ether oxygens (including phenoxy) is 2. The summed E-state index contributed by atoms with van der Waals surface area (Å²) in [6, 6.07) is 58.7. The number of alkyl halides is 1. The van der Waals surface area contributed by atoms with Crippen molar-refractivity contribution in [1.82, 2.24) is 0 Å². The molecule has 0 radical (unpaired) electrons. The standard InChI is InChI=1S/C28H25N3O2.C18H20NO2.C16H13N3.CH3F.2HI/c1-28(2)26(15-12-21(18-29)19-30-23-9-4-3-5-10-23)31(16-17-33-20-32)25-14-13-22-8-6-7-11-24(22)27(25)28;1-13-18(2,3)17-15-7-5-4-6-14(15)8-9-16(17)19(13)10-11-21-12-20;17-11-14(12-18-15-7-3-1-4-8-15)13-19-16-9-5-2-6-10-16;1-2;;/h3-15,19-20H,16-17H2,1-2H3;4-9,12H,10-11H2,1-3H3;1-10,12-13,18H;1H3;2*1H/q;+1;;;;/p-1/b;;14-12+,19-13?;;;/i;;;1D;;. The van der Waals surface area contributed by atoms with E-state index in [1.54, 1.807) is 18.6 Å². The van der Waals surface area contributed by atoms with E-state index in [1.165, 1.54) is 44.1 Å². The summed E-state index contributed by atoms with van der Waals surface area (Å²) in [6.45, 7) is 14.0. The van der Waals surface area contributed by atoms with Crippen LogP contribution in [0.4, 0.5) is 32.8 Å². The van der Waals surface area contributed by atoms with Gasteiger partial charge in [-0.1, -0.05) is 103 Å². The molecule has 0 saturated heterocycles. The molecule has 0 fully saturated rings. The summed E-state index contributed by atoms with van der Waals surface area (Å²) < 4.78 is 29.8. The second kappa shape index (κ2) is 30.7. The molecular weight excluding hydrogens is 1190 g/mol. The van der Waals surface area contributed by atoms with E-state index in [0.29, 0.717) is 43.8 Å². The largest absolute Gasteiger partial charge is 1.00 e. The van der Waals surface area contributed by atoms with Gasteiger partial charge in [0, 0.05) is 66.2 Å². The number of benzene rings is 7. The van der Waals surface area contributed by atoms with Crippen molar-refractivity contribution in [2.24, 2.45) is 4.99 Å². The van der Waals surface area contributed by atoms with Crippen molar-refractivity contribution in [3.63, 3.8) is 0 Å². The third kappa shape index (κ3) is 15.6. The molecule has 2 heterocycles. The average Bonchev–Trinajstić information content (AvgIpc) is 3.98. The zero-order chi connectivity index (χ0) is 54.3. The van der Waals surface area contributed by atoms with E-state index in [1.807, 2.05) is 109 Å². The predicted octanol–water partition coefficient (Wildman–Crippen LogP) is 7.38. The predicted molar refractivity (Wildman–Crippen MR) is 302 cm³/mol. The number of anilines is 2. The number of hydrogen-bond acceptors (Lipinski definition) is 9. The number of halogens is 3. The molecule has 2 N–H and O–H groups in total. The van der Waals surface area contributed by atoms with Crippen LogP contribution >= 0.6 is 0 Å². The third-order valence-corrected chi connectivity index (χ3v) is 13.0. The summed E-state index contributed by atoms with van der Waals surface area (Å²) in [7, 11) is -1.00. The number of para-hydroxylation sites is 3. The van der Waals surface area contributed by atoms with E-state index in [0.717, 1.165) is 28.5 Å². The summed E-state index contributed by atoms with van der Waals surface area (Å²) in [5, 5.41) is 29.9. The van der Waals surface area contributed by atoms with Crippen LogP contribution in [0.3, 0.4) is 0 Å². The lowest BCUT2D eigenvalue weighted by molar-refractivity contribution is -0.441. The van der Waals surface area contributed by atoms with Crippen molar-refractivity contribution in [1.29, 1.82) is 10.5 Å². The lowest BCUT2D eigenvalue weighted by Gasteiger charge is -2.17. The van der Waals surface area contributed by atoms with Crippen LogP contribution in [-0.4, -0.2) is 73.2 Å². The smallest absolute Gasteiger partial charge is 0.293 e. The van der Waals surface area contributed by atoms with Crippen molar-refractivity contribution < 1.29 is 81.9 Å². The fourth-order valence-corrected chi connectivity index (χ4v) is 9.22. The van der Waals surface area contributed by atoms with Gasteiger partial charge in [0.15, 0.2) is 24.5 Å². The Morgan fingerprint density at radius 3 is 1.55 bits per heavy atom. The molecule has 394 valence electrons. The monoisotopic (exact) mass is 1250 g/mol. The second-order valence-electron chi connectivity index (χ2n) is 18.2. The number of rotatable bonds is 16. The minimum absolute atomic E-state index is 0. The molecule has 2 aliphatic rings. The number of nitrogens with zero attached hydrogens (tertiary/aromatic N) is 5. The highest BCUT2D eigenvalue weighted by molar-refractivity contribution is 6.08. The highest BCUT2D eigenvalue weighted by atomic mass is 127. The van der Waals surface area contributed by atoms with Crippen LogP contribution in [0.5, 0.6) is 0 Å². The first-order chi connectivity index (χ1) is 36.9. The van der Waals surface area contributed by atoms with Crippen molar-refractivity contribution in [2.75, 3.05) is 44.1 Å². The van der Waals surface area contributed by atoms with Gasteiger partial charge in [0.2, 0.25) is 11.4 Å². The Hall–Kier alpha value is -7.80. The number of carbonyl (C=O) groups is 2. The van der Waals surface area contributed by atoms with Gasteiger partial charge < -0.3 is 68.1 Å². The van der Waals surface area contributed by atoms with Gasteiger partial charge in [-0.2, -0.15) is 19.7 Å². The van der Waals surface area contributed by atoms with Crippen LogP contribution < -0.4 is 58.6 Å². The van der Waals surface area contributed by atoms with Gasteiger partial charge in [-0.05, 0) is 104 Å². The number of hydrogen-bond donors (Lipinski definition) is 2. The fraction of sp³-hybridized carbons (Fsp3) is 0.190. The molecule has 0 saturated carbocycles. The molecule has 0 unspecified atom stereocenters. The number of nitriles is 2. The summed E-state index contributed by atoms with van der Waals surface area (Å²) >= 11 is 0. The van der Waals surface area contributed by atoms with Crippen LogP contribution in [0.1, 0.15) is 47.1 Å². The lowest BCUT2D eigenvalue weighted by atomic mass is 9.79. The molecule has 0 aliphatic carbocycles. The van der Waals surface area contributed by atoms with Gasteiger partial charge in [0.25, 0.3) is 12.9 Å². The van der Waals surface area contributed by atoms with Gasteiger partial charge in [-0.15, -0.1) is 0 Å². The molecule has 0 aromatic heterocycles. The van der Waals surface area contributed by atoms with E-state index in [2.05, 4.69) is 138 Å². The summed E-state index contributed by atoms with van der Waals surface area (Å²) in [5.41, 5.74) is 10.6. The number of fused-ring (bicyclic) bond motifs is 6. The first kappa shape index (κ1) is 60.1. The van der Waals surface area contributed by atoms with Gasteiger partial charge in [0.05, 0.1) is 36.2 Å². The van der Waals surface area contributed by atoms with E-state index < -0.39 is 7.15 Å². The first-order valence-electron chi connectivity index (χ1n) is 25.0. The topological polar surface area (TPSA) is 143 Å². The third-order valence-electron chi connectivity index (χ3n) is 13.0. The Kier molecular flexibility index (Phi) is 23.9. The summed E-state index contributed by atoms with van der Waals surface area (Å²) in [5.74, 6) is 0. The maximum atomic E-state index is 10.7. The van der Waals surface area contributed by atoms with Crippen LogP contribution in [0.15, 0.2) is 204 Å². The number of nitrogens with one attached hydrogen (secondary N) is 2. The van der Waals surface area contributed by atoms with E-state index >= 15 is 0 Å². The molecule has 0 bridgehead atoms. The summed E-state index contributed by atoms with van der Waals surface area (Å²) in [6.07, 6.45) is 8.72. The fourth-order valence-electron chi connectivity index (χ4n) is 9.22. The molecule has 77 heavy (non-hydrogen) atoms. The molecule has 0 amide bonds. The van der Waals surface area contributed by atoms with Crippen LogP contribution in [0, 0.1) is 22.7 Å². The lowest BCUT2D eigenvalue weighted by Crippen LogP contribution is -3.00. The van der Waals surface area contributed by atoms with Crippen molar-refractivity contribution in [2.45, 2.75) is 45.4 Å². The Balaban J connectivity index is 0.000000254. The van der Waals surface area contributed by atoms with Crippen molar-refractivity contribution in [3.05, 3.63) is 211 Å². The first-order valence-corrected chi connectivity index (χ1v) is 24.3. The van der Waals surface area contributed by atoms with Crippen LogP contribution in [0.2, 0.25) is 0 Å². The number of allylic oxidation sites excluding steroid dienone is 4. The van der Waals surface area contributed by atoms with Gasteiger partial charge in [0.1, 0.15) is 25.4 Å². The molecule has 0 spiro atoms. The maximum absolute atomic E-state index is 10.7. The van der Waals surface area contributed by atoms with Crippen molar-refractivity contribution >= 4 is 80.6 Å². The Labute approximate surface area is 486 Å². The molecule has 9 rings (SSSR count). The molecule has 7 aromatic rings. The molecule has 14 heteroatoms. The zero-order valence-corrected chi connectivity index (χ0v) is 48.0. The molecule has 0 atom stereocenters. The van der Waals surface area contributed by atoms with Gasteiger partial charge >= 0.3 is 0 Å². The van der Waals surface area contributed by atoms with E-state index in [9.17, 15) is 19.2 Å². The Morgan fingerprint density at radius 1 is 0.623 bits per heavy atom. The highest BCUT2D eigenvalue weighted by Crippen LogP contribution is 2.45. The quantitative estimate of drug-likeness (QED) is 0.0194. The normalized spacial score (nSPS) is 13.8. The zero-order valence-electron chi connectivity index (χ0n) is 44.7. The minimum atomic E-state index is -1.00. The molecule has 7 aromatic carbocycles. The van der Waals surface area contributed by atoms with Crippen molar-refractivity contribution in [3.8, 4) is 12.1 Å². The maximum Gasteiger partial charge on any atom is 0.293 e. The Morgan fingerprint density at radius 2 is 1.05 bits per heavy atom. The van der Waals surface area contributed by atoms with Gasteiger partial charge in [-0.3, -0.25) is 19.0 Å². The van der Waals surface area contributed by atoms with E-state index in [4.69, 9.17) is 16.1 Å². The Bertz CT molecular complexity index is 3410. The average molecular weight is 1260 g/mol. The SMILES string of the molecule is CC1(C)C(/C=C/C(C#N)=C/Nc2ccccc2)=[N+](CCOC=O)c2ccc3ccccc3c21.CC1=[N+](CCOC=O)c2ccc3ccccc3c2C1(C)C.N#C/C(C=Nc1ccccc1)=C\Nc1ccccc1.[2H]CF.[I-].[I-]. The minimum Gasteiger partial charge on any atom is -1.00 e. The van der Waals surface area contributed by atoms with E-state index in [-0.39, 0.29) is 65.4 Å².